The Hall–Kier alpha value is -1.96. The van der Waals surface area contributed by atoms with E-state index in [1.54, 1.807) is 7.11 Å². The van der Waals surface area contributed by atoms with Crippen LogP contribution in [0.15, 0.2) is 48.5 Å². The van der Waals surface area contributed by atoms with Gasteiger partial charge in [-0.1, -0.05) is 24.3 Å². The molecule has 0 spiro atoms. The number of anilines is 1. The molecule has 0 fully saturated rings. The van der Waals surface area contributed by atoms with Gasteiger partial charge in [-0.25, -0.2) is 0 Å². The summed E-state index contributed by atoms with van der Waals surface area (Å²) in [6, 6.07) is 17.3. The molecule has 0 bridgehead atoms. The molecule has 0 saturated carbocycles. The minimum Gasteiger partial charge on any atom is -0.497 e. The molecule has 0 aliphatic rings. The van der Waals surface area contributed by atoms with Crippen molar-refractivity contribution in [3.05, 3.63) is 59.7 Å². The second-order valence-electron chi connectivity index (χ2n) is 5.19. The van der Waals surface area contributed by atoms with Crippen molar-refractivity contribution >= 4 is 5.69 Å². The van der Waals surface area contributed by atoms with Gasteiger partial charge in [0.2, 0.25) is 0 Å². The Morgan fingerprint density at radius 3 is 1.67 bits per heavy atom. The zero-order chi connectivity index (χ0) is 15.1. The highest BCUT2D eigenvalue weighted by Gasteiger charge is 2.02. The Balaban J connectivity index is 1.93. The minimum absolute atomic E-state index is 0.919. The van der Waals surface area contributed by atoms with E-state index in [0.29, 0.717) is 0 Å². The highest BCUT2D eigenvalue weighted by Crippen LogP contribution is 2.17. The fourth-order valence-electron chi connectivity index (χ4n) is 2.54. The van der Waals surface area contributed by atoms with E-state index in [1.165, 1.54) is 16.8 Å². The molecule has 2 aromatic rings. The first kappa shape index (κ1) is 15.4. The average Bonchev–Trinajstić information content (AvgIpc) is 2.55. The van der Waals surface area contributed by atoms with Crippen molar-refractivity contribution in [3.63, 3.8) is 0 Å². The molecule has 2 heteroatoms. The average molecular weight is 283 g/mol. The Morgan fingerprint density at radius 2 is 1.24 bits per heavy atom. The summed E-state index contributed by atoms with van der Waals surface area (Å²) in [6.45, 7) is 6.51. The van der Waals surface area contributed by atoms with E-state index in [2.05, 4.69) is 55.1 Å². The molecule has 0 N–H and O–H groups in total. The van der Waals surface area contributed by atoms with Crippen molar-refractivity contribution < 1.29 is 4.74 Å². The lowest BCUT2D eigenvalue weighted by Gasteiger charge is -2.21. The molecule has 0 atom stereocenters. The molecular weight excluding hydrogens is 258 g/mol. The SMILES string of the molecule is CCN(CC)c1ccc(CCc2ccc(OC)cc2)cc1. The third-order valence-electron chi connectivity index (χ3n) is 3.93. The normalized spacial score (nSPS) is 10.4. The lowest BCUT2D eigenvalue weighted by Crippen LogP contribution is -2.21. The number of methoxy groups -OCH3 is 1. The fraction of sp³-hybridized carbons (Fsp3) is 0.368. The highest BCUT2D eigenvalue weighted by atomic mass is 16.5. The van der Waals surface area contributed by atoms with E-state index >= 15 is 0 Å². The summed E-state index contributed by atoms with van der Waals surface area (Å²) in [6.07, 6.45) is 2.14. The topological polar surface area (TPSA) is 12.5 Å². The third kappa shape index (κ3) is 4.25. The van der Waals surface area contributed by atoms with Gasteiger partial charge in [-0.15, -0.1) is 0 Å². The summed E-state index contributed by atoms with van der Waals surface area (Å²) < 4.78 is 5.18. The van der Waals surface area contributed by atoms with E-state index in [0.717, 1.165) is 31.7 Å². The molecule has 0 aromatic heterocycles. The zero-order valence-corrected chi connectivity index (χ0v) is 13.3. The molecule has 2 aromatic carbocycles. The van der Waals surface area contributed by atoms with Crippen molar-refractivity contribution in [3.8, 4) is 5.75 Å². The zero-order valence-electron chi connectivity index (χ0n) is 13.3. The Labute approximate surface area is 128 Å². The van der Waals surface area contributed by atoms with Crippen LogP contribution >= 0.6 is 0 Å². The number of benzene rings is 2. The van der Waals surface area contributed by atoms with Crippen molar-refractivity contribution in [1.82, 2.24) is 0 Å². The van der Waals surface area contributed by atoms with Crippen LogP contribution in [0.5, 0.6) is 5.75 Å². The number of rotatable bonds is 7. The number of aryl methyl sites for hydroxylation is 2. The Morgan fingerprint density at radius 1 is 0.762 bits per heavy atom. The molecule has 2 rings (SSSR count). The number of hydrogen-bond acceptors (Lipinski definition) is 2. The van der Waals surface area contributed by atoms with E-state index in [4.69, 9.17) is 4.74 Å². The van der Waals surface area contributed by atoms with Crippen LogP contribution < -0.4 is 9.64 Å². The van der Waals surface area contributed by atoms with Gasteiger partial charge in [0.05, 0.1) is 7.11 Å². The number of ether oxygens (including phenoxy) is 1. The largest absolute Gasteiger partial charge is 0.497 e. The van der Waals surface area contributed by atoms with Gasteiger partial charge in [-0.05, 0) is 62.1 Å². The van der Waals surface area contributed by atoms with Crippen LogP contribution in [0.1, 0.15) is 25.0 Å². The van der Waals surface area contributed by atoms with E-state index in [1.807, 2.05) is 12.1 Å². The standard InChI is InChI=1S/C19H25NO/c1-4-20(5-2)18-12-8-16(9-13-18)6-7-17-10-14-19(21-3)15-11-17/h8-15H,4-7H2,1-3H3. The van der Waals surface area contributed by atoms with Crippen LogP contribution in [-0.4, -0.2) is 20.2 Å². The lowest BCUT2D eigenvalue weighted by molar-refractivity contribution is 0.414. The second kappa shape index (κ2) is 7.72. The van der Waals surface area contributed by atoms with Gasteiger partial charge in [0, 0.05) is 18.8 Å². The van der Waals surface area contributed by atoms with Crippen LogP contribution in [0.4, 0.5) is 5.69 Å². The molecular formula is C19H25NO. The van der Waals surface area contributed by atoms with Gasteiger partial charge < -0.3 is 9.64 Å². The van der Waals surface area contributed by atoms with Crippen LogP contribution in [0.3, 0.4) is 0 Å². The molecule has 0 amide bonds. The maximum atomic E-state index is 5.18. The van der Waals surface area contributed by atoms with Crippen molar-refractivity contribution in [1.29, 1.82) is 0 Å². The summed E-state index contributed by atoms with van der Waals surface area (Å²) in [4.78, 5) is 2.37. The van der Waals surface area contributed by atoms with Gasteiger partial charge >= 0.3 is 0 Å². The molecule has 112 valence electrons. The summed E-state index contributed by atoms with van der Waals surface area (Å²) in [5, 5.41) is 0. The van der Waals surface area contributed by atoms with Gasteiger partial charge in [0.25, 0.3) is 0 Å². The summed E-state index contributed by atoms with van der Waals surface area (Å²) in [5.41, 5.74) is 4.05. The van der Waals surface area contributed by atoms with Gasteiger partial charge in [-0.3, -0.25) is 0 Å². The summed E-state index contributed by atoms with van der Waals surface area (Å²) in [7, 11) is 1.70. The van der Waals surface area contributed by atoms with E-state index < -0.39 is 0 Å². The second-order valence-corrected chi connectivity index (χ2v) is 5.19. The maximum Gasteiger partial charge on any atom is 0.118 e. The summed E-state index contributed by atoms with van der Waals surface area (Å²) in [5.74, 6) is 0.919. The van der Waals surface area contributed by atoms with Crippen molar-refractivity contribution in [2.75, 3.05) is 25.1 Å². The lowest BCUT2D eigenvalue weighted by atomic mass is 10.0. The first-order chi connectivity index (χ1) is 10.3. The van der Waals surface area contributed by atoms with Crippen LogP contribution in [0.2, 0.25) is 0 Å². The molecule has 21 heavy (non-hydrogen) atoms. The maximum absolute atomic E-state index is 5.18. The Bertz CT molecular complexity index is 526. The molecule has 0 saturated heterocycles. The molecule has 0 aliphatic heterocycles. The molecule has 0 aliphatic carbocycles. The smallest absolute Gasteiger partial charge is 0.118 e. The molecule has 0 radical (unpaired) electrons. The Kier molecular flexibility index (Phi) is 5.68. The first-order valence-corrected chi connectivity index (χ1v) is 7.73. The van der Waals surface area contributed by atoms with Gasteiger partial charge in [-0.2, -0.15) is 0 Å². The predicted octanol–water partition coefficient (Wildman–Crippen LogP) is 4.33. The number of nitrogens with zero attached hydrogens (tertiary/aromatic N) is 1. The van der Waals surface area contributed by atoms with Crippen molar-refractivity contribution in [2.24, 2.45) is 0 Å². The minimum atomic E-state index is 0.919. The van der Waals surface area contributed by atoms with E-state index in [-0.39, 0.29) is 0 Å². The van der Waals surface area contributed by atoms with Crippen LogP contribution in [0.25, 0.3) is 0 Å². The fourth-order valence-corrected chi connectivity index (χ4v) is 2.54. The van der Waals surface area contributed by atoms with Crippen molar-refractivity contribution in [2.45, 2.75) is 26.7 Å². The number of hydrogen-bond donors (Lipinski definition) is 0. The highest BCUT2D eigenvalue weighted by molar-refractivity contribution is 5.47. The van der Waals surface area contributed by atoms with Gasteiger partial charge in [0.1, 0.15) is 5.75 Å². The first-order valence-electron chi connectivity index (χ1n) is 7.73. The quantitative estimate of drug-likeness (QED) is 0.750. The molecule has 2 nitrogen and oxygen atoms in total. The predicted molar refractivity (Wildman–Crippen MR) is 90.4 cm³/mol. The third-order valence-corrected chi connectivity index (χ3v) is 3.93. The van der Waals surface area contributed by atoms with Gasteiger partial charge in [0.15, 0.2) is 0 Å². The monoisotopic (exact) mass is 283 g/mol. The molecule has 0 unspecified atom stereocenters. The van der Waals surface area contributed by atoms with E-state index in [9.17, 15) is 0 Å². The summed E-state index contributed by atoms with van der Waals surface area (Å²) >= 11 is 0. The molecule has 0 heterocycles. The van der Waals surface area contributed by atoms with Crippen LogP contribution in [-0.2, 0) is 12.8 Å². The van der Waals surface area contributed by atoms with Crippen LogP contribution in [0, 0.1) is 0 Å².